The molecule has 1 atom stereocenters. The van der Waals surface area contributed by atoms with E-state index in [0.29, 0.717) is 18.6 Å². The van der Waals surface area contributed by atoms with Crippen LogP contribution in [0.5, 0.6) is 0 Å². The Kier molecular flexibility index (Phi) is 5.12. The van der Waals surface area contributed by atoms with Crippen LogP contribution in [0.2, 0.25) is 0 Å². The molecule has 0 fully saturated rings. The molecule has 1 aromatic carbocycles. The molecular formula is C13H16F2N2O3. The molecule has 0 radical (unpaired) electrons. The minimum Gasteiger partial charge on any atom is -0.339 e. The summed E-state index contributed by atoms with van der Waals surface area (Å²) in [7, 11) is 1.46. The number of nitrogens with zero attached hydrogens (tertiary/aromatic N) is 2. The first kappa shape index (κ1) is 16.0. The zero-order valence-corrected chi connectivity index (χ0v) is 11.5. The van der Waals surface area contributed by atoms with Gasteiger partial charge in [0.15, 0.2) is 0 Å². The van der Waals surface area contributed by atoms with E-state index in [4.69, 9.17) is 0 Å². The molecule has 7 heteroatoms. The second-order valence-corrected chi connectivity index (χ2v) is 4.60. The van der Waals surface area contributed by atoms with Gasteiger partial charge < -0.3 is 4.90 Å². The van der Waals surface area contributed by atoms with Gasteiger partial charge in [-0.25, -0.2) is 4.39 Å². The van der Waals surface area contributed by atoms with E-state index in [0.717, 1.165) is 6.42 Å². The van der Waals surface area contributed by atoms with E-state index in [1.807, 2.05) is 6.92 Å². The Morgan fingerprint density at radius 3 is 2.55 bits per heavy atom. The maximum Gasteiger partial charge on any atom is 0.308 e. The SMILES string of the molecule is CCCC(C)N(C)C(=O)c1cc(F)cc([N+](=O)[O-])c1F. The molecule has 1 unspecified atom stereocenters. The van der Waals surface area contributed by atoms with Gasteiger partial charge in [0.1, 0.15) is 5.82 Å². The Morgan fingerprint density at radius 2 is 2.05 bits per heavy atom. The molecule has 0 N–H and O–H groups in total. The molecule has 0 saturated heterocycles. The van der Waals surface area contributed by atoms with E-state index in [1.54, 1.807) is 6.92 Å². The molecular weight excluding hydrogens is 270 g/mol. The van der Waals surface area contributed by atoms with Crippen LogP contribution < -0.4 is 0 Å². The van der Waals surface area contributed by atoms with E-state index >= 15 is 0 Å². The van der Waals surface area contributed by atoms with E-state index in [2.05, 4.69) is 0 Å². The average Bonchev–Trinajstić information content (AvgIpc) is 2.39. The normalized spacial score (nSPS) is 12.1. The van der Waals surface area contributed by atoms with Crippen LogP contribution in [0.4, 0.5) is 14.5 Å². The third kappa shape index (κ3) is 3.28. The highest BCUT2D eigenvalue weighted by Crippen LogP contribution is 2.24. The highest BCUT2D eigenvalue weighted by molar-refractivity contribution is 5.95. The van der Waals surface area contributed by atoms with Crippen molar-refractivity contribution in [2.75, 3.05) is 7.05 Å². The van der Waals surface area contributed by atoms with Crippen LogP contribution in [-0.4, -0.2) is 28.8 Å². The summed E-state index contributed by atoms with van der Waals surface area (Å²) in [4.78, 5) is 22.9. The molecule has 0 heterocycles. The van der Waals surface area contributed by atoms with Crippen LogP contribution in [0, 0.1) is 21.7 Å². The van der Waals surface area contributed by atoms with Crippen molar-refractivity contribution in [3.8, 4) is 0 Å². The third-order valence-corrected chi connectivity index (χ3v) is 3.13. The predicted molar refractivity (Wildman–Crippen MR) is 69.5 cm³/mol. The molecule has 1 rings (SSSR count). The number of hydrogen-bond acceptors (Lipinski definition) is 3. The van der Waals surface area contributed by atoms with Crippen molar-refractivity contribution in [1.29, 1.82) is 0 Å². The highest BCUT2D eigenvalue weighted by Gasteiger charge is 2.27. The molecule has 0 aromatic heterocycles. The first-order valence-electron chi connectivity index (χ1n) is 6.20. The number of benzene rings is 1. The summed E-state index contributed by atoms with van der Waals surface area (Å²) in [5.74, 6) is -3.10. The molecule has 110 valence electrons. The summed E-state index contributed by atoms with van der Waals surface area (Å²) >= 11 is 0. The predicted octanol–water partition coefficient (Wildman–Crippen LogP) is 3.13. The fourth-order valence-electron chi connectivity index (χ4n) is 1.86. The van der Waals surface area contributed by atoms with E-state index in [1.165, 1.54) is 11.9 Å². The lowest BCUT2D eigenvalue weighted by Gasteiger charge is -2.24. The minimum absolute atomic E-state index is 0.172. The van der Waals surface area contributed by atoms with Gasteiger partial charge in [-0.15, -0.1) is 0 Å². The first-order valence-corrected chi connectivity index (χ1v) is 6.20. The molecule has 5 nitrogen and oxygen atoms in total. The van der Waals surface area contributed by atoms with Gasteiger partial charge >= 0.3 is 5.69 Å². The Balaban J connectivity index is 3.19. The van der Waals surface area contributed by atoms with Gasteiger partial charge in [-0.2, -0.15) is 4.39 Å². The molecule has 20 heavy (non-hydrogen) atoms. The topological polar surface area (TPSA) is 63.5 Å². The summed E-state index contributed by atoms with van der Waals surface area (Å²) in [5.41, 5.74) is -1.66. The van der Waals surface area contributed by atoms with Crippen molar-refractivity contribution in [3.63, 3.8) is 0 Å². The van der Waals surface area contributed by atoms with Gasteiger partial charge in [-0.05, 0) is 19.4 Å². The maximum absolute atomic E-state index is 13.9. The van der Waals surface area contributed by atoms with Crippen LogP contribution in [-0.2, 0) is 0 Å². The van der Waals surface area contributed by atoms with E-state index < -0.39 is 33.7 Å². The van der Waals surface area contributed by atoms with Crippen LogP contribution in [0.15, 0.2) is 12.1 Å². The summed E-state index contributed by atoms with van der Waals surface area (Å²) in [6, 6.07) is 0.968. The second-order valence-electron chi connectivity index (χ2n) is 4.60. The number of halogens is 2. The second kappa shape index (κ2) is 6.40. The zero-order chi connectivity index (χ0) is 15.4. The van der Waals surface area contributed by atoms with Gasteiger partial charge in [-0.3, -0.25) is 14.9 Å². The lowest BCUT2D eigenvalue weighted by atomic mass is 10.1. The Bertz CT molecular complexity index is 535. The number of nitro groups is 1. The van der Waals surface area contributed by atoms with Crippen molar-refractivity contribution in [2.45, 2.75) is 32.7 Å². The van der Waals surface area contributed by atoms with E-state index in [9.17, 15) is 23.7 Å². The number of rotatable bonds is 5. The number of amides is 1. The fraction of sp³-hybridized carbons (Fsp3) is 0.462. The summed E-state index contributed by atoms with van der Waals surface area (Å²) < 4.78 is 27.2. The monoisotopic (exact) mass is 286 g/mol. The maximum atomic E-state index is 13.9. The molecule has 1 amide bonds. The largest absolute Gasteiger partial charge is 0.339 e. The smallest absolute Gasteiger partial charge is 0.308 e. The summed E-state index contributed by atoms with van der Waals surface area (Å²) in [5, 5.41) is 10.6. The van der Waals surface area contributed by atoms with Crippen LogP contribution in [0.3, 0.4) is 0 Å². The number of carbonyl (C=O) groups is 1. The number of carbonyl (C=O) groups excluding carboxylic acids is 1. The summed E-state index contributed by atoms with van der Waals surface area (Å²) in [6.45, 7) is 3.70. The van der Waals surface area contributed by atoms with Gasteiger partial charge in [0.2, 0.25) is 5.82 Å². The van der Waals surface area contributed by atoms with Gasteiger partial charge in [-0.1, -0.05) is 13.3 Å². The van der Waals surface area contributed by atoms with Crippen molar-refractivity contribution < 1.29 is 18.5 Å². The minimum atomic E-state index is -1.31. The molecule has 0 bridgehead atoms. The highest BCUT2D eigenvalue weighted by atomic mass is 19.1. The van der Waals surface area contributed by atoms with Crippen molar-refractivity contribution >= 4 is 11.6 Å². The van der Waals surface area contributed by atoms with Gasteiger partial charge in [0.25, 0.3) is 5.91 Å². The Morgan fingerprint density at radius 1 is 1.45 bits per heavy atom. The molecule has 1 aromatic rings. The molecule has 0 spiro atoms. The van der Waals surface area contributed by atoms with Crippen molar-refractivity contribution in [2.24, 2.45) is 0 Å². The third-order valence-electron chi connectivity index (χ3n) is 3.13. The Labute approximate surface area is 115 Å². The molecule has 0 aliphatic carbocycles. The lowest BCUT2D eigenvalue weighted by Crippen LogP contribution is -2.35. The fourth-order valence-corrected chi connectivity index (χ4v) is 1.86. The zero-order valence-electron chi connectivity index (χ0n) is 11.5. The summed E-state index contributed by atoms with van der Waals surface area (Å²) in [6.07, 6.45) is 1.52. The van der Waals surface area contributed by atoms with Crippen LogP contribution in [0.25, 0.3) is 0 Å². The molecule has 0 saturated carbocycles. The van der Waals surface area contributed by atoms with Crippen LogP contribution >= 0.6 is 0 Å². The lowest BCUT2D eigenvalue weighted by molar-refractivity contribution is -0.387. The quantitative estimate of drug-likeness (QED) is 0.617. The molecule has 0 aliphatic heterocycles. The Hall–Kier alpha value is -2.05. The number of hydrogen-bond donors (Lipinski definition) is 0. The van der Waals surface area contributed by atoms with Gasteiger partial charge in [0, 0.05) is 13.1 Å². The standard InChI is InChI=1S/C13H16F2N2O3/c1-4-5-8(2)16(3)13(18)10-6-9(14)7-11(12(10)15)17(19)20/h6-8H,4-5H2,1-3H3. The average molecular weight is 286 g/mol. The van der Waals surface area contributed by atoms with Crippen molar-refractivity contribution in [3.05, 3.63) is 39.4 Å². The first-order chi connectivity index (χ1) is 9.29. The molecule has 0 aliphatic rings. The van der Waals surface area contributed by atoms with Crippen LogP contribution in [0.1, 0.15) is 37.0 Å². The van der Waals surface area contributed by atoms with Crippen molar-refractivity contribution in [1.82, 2.24) is 4.90 Å². The number of nitro benzene ring substituents is 1. The van der Waals surface area contributed by atoms with Gasteiger partial charge in [0.05, 0.1) is 16.6 Å². The van der Waals surface area contributed by atoms with E-state index in [-0.39, 0.29) is 6.04 Å².